The van der Waals surface area contributed by atoms with E-state index in [1.165, 1.54) is 12.1 Å². The topological polar surface area (TPSA) is 45.0 Å². The van der Waals surface area contributed by atoms with Crippen molar-refractivity contribution in [2.75, 3.05) is 11.9 Å². The minimum absolute atomic E-state index is 0.0436. The van der Waals surface area contributed by atoms with Crippen LogP contribution in [-0.2, 0) is 0 Å². The number of anilines is 1. The van der Waals surface area contributed by atoms with Crippen LogP contribution in [0.5, 0.6) is 5.75 Å². The first kappa shape index (κ1) is 14.9. The van der Waals surface area contributed by atoms with E-state index in [0.717, 1.165) is 16.8 Å². The van der Waals surface area contributed by atoms with E-state index in [1.54, 1.807) is 6.07 Å². The summed E-state index contributed by atoms with van der Waals surface area (Å²) in [5.74, 6) is 0.440. The van der Waals surface area contributed by atoms with Gasteiger partial charge in [-0.15, -0.1) is 0 Å². The second-order valence-electron chi connectivity index (χ2n) is 4.84. The molecule has 0 radical (unpaired) electrons. The lowest BCUT2D eigenvalue weighted by Crippen LogP contribution is -2.07. The quantitative estimate of drug-likeness (QED) is 0.894. The van der Waals surface area contributed by atoms with E-state index >= 15 is 0 Å². The van der Waals surface area contributed by atoms with Gasteiger partial charge in [-0.1, -0.05) is 12.1 Å². The number of ether oxygens (including phenoxy) is 1. The maximum absolute atomic E-state index is 13.1. The molecule has 0 amide bonds. The van der Waals surface area contributed by atoms with E-state index in [1.807, 2.05) is 44.2 Å². The lowest BCUT2D eigenvalue weighted by molar-refractivity contribution is 0.368. The third-order valence-corrected chi connectivity index (χ3v) is 3.24. The van der Waals surface area contributed by atoms with Gasteiger partial charge in [-0.05, 0) is 55.3 Å². The summed E-state index contributed by atoms with van der Waals surface area (Å²) in [6.45, 7) is 3.95. The Bertz CT molecular complexity index is 647. The zero-order valence-electron chi connectivity index (χ0n) is 12.1. The van der Waals surface area contributed by atoms with E-state index in [9.17, 15) is 4.39 Å². The first-order valence-electron chi connectivity index (χ1n) is 6.72. The summed E-state index contributed by atoms with van der Waals surface area (Å²) in [4.78, 5) is 0. The Labute approximate surface area is 124 Å². The molecule has 0 aliphatic heterocycles. The third-order valence-electron chi connectivity index (χ3n) is 3.24. The number of nitriles is 1. The van der Waals surface area contributed by atoms with Crippen molar-refractivity contribution in [1.29, 1.82) is 5.26 Å². The van der Waals surface area contributed by atoms with Crippen molar-refractivity contribution in [3.8, 4) is 11.8 Å². The van der Waals surface area contributed by atoms with E-state index < -0.39 is 0 Å². The fraction of sp³-hybridized carbons (Fsp3) is 0.235. The smallest absolute Gasteiger partial charge is 0.174 e. The molecule has 108 valence electrons. The monoisotopic (exact) mass is 284 g/mol. The van der Waals surface area contributed by atoms with Crippen LogP contribution in [0.2, 0.25) is 0 Å². The molecular weight excluding hydrogens is 267 g/mol. The molecular formula is C17H17FN2O. The molecule has 2 aromatic rings. The summed E-state index contributed by atoms with van der Waals surface area (Å²) < 4.78 is 18.3. The summed E-state index contributed by atoms with van der Waals surface area (Å²) >= 11 is 0. The van der Waals surface area contributed by atoms with Crippen LogP contribution in [-0.4, -0.2) is 6.61 Å². The van der Waals surface area contributed by atoms with Gasteiger partial charge in [0.15, 0.2) is 6.61 Å². The molecule has 0 aliphatic rings. The van der Waals surface area contributed by atoms with Gasteiger partial charge in [-0.2, -0.15) is 5.26 Å². The third kappa shape index (κ3) is 3.96. The van der Waals surface area contributed by atoms with Crippen molar-refractivity contribution in [3.63, 3.8) is 0 Å². The molecule has 1 N–H and O–H groups in total. The molecule has 0 saturated carbocycles. The second kappa shape index (κ2) is 6.76. The number of aryl methyl sites for hydroxylation is 1. The standard InChI is InChI=1S/C17H17FN2O/c1-12-11-15(18)5-8-17(12)20-13(2)14-3-6-16(7-4-14)21-10-9-19/h3-8,11,13,20H,10H2,1-2H3. The first-order valence-corrected chi connectivity index (χ1v) is 6.72. The number of halogens is 1. The molecule has 3 nitrogen and oxygen atoms in total. The number of hydrogen-bond acceptors (Lipinski definition) is 3. The largest absolute Gasteiger partial charge is 0.479 e. The first-order chi connectivity index (χ1) is 10.1. The van der Waals surface area contributed by atoms with Crippen LogP contribution in [0.15, 0.2) is 42.5 Å². The van der Waals surface area contributed by atoms with Gasteiger partial charge >= 0.3 is 0 Å². The van der Waals surface area contributed by atoms with Gasteiger partial charge in [0.1, 0.15) is 17.6 Å². The number of rotatable bonds is 5. The van der Waals surface area contributed by atoms with Gasteiger partial charge in [-0.25, -0.2) is 4.39 Å². The van der Waals surface area contributed by atoms with Crippen LogP contribution < -0.4 is 10.1 Å². The van der Waals surface area contributed by atoms with Crippen molar-refractivity contribution in [2.45, 2.75) is 19.9 Å². The van der Waals surface area contributed by atoms with E-state index in [-0.39, 0.29) is 18.5 Å². The highest BCUT2D eigenvalue weighted by molar-refractivity contribution is 5.52. The van der Waals surface area contributed by atoms with Gasteiger partial charge in [0, 0.05) is 11.7 Å². The average Bonchev–Trinajstić information content (AvgIpc) is 2.48. The Balaban J connectivity index is 2.06. The Morgan fingerprint density at radius 3 is 2.57 bits per heavy atom. The average molecular weight is 284 g/mol. The van der Waals surface area contributed by atoms with Crippen molar-refractivity contribution in [3.05, 3.63) is 59.4 Å². The zero-order chi connectivity index (χ0) is 15.2. The predicted octanol–water partition coefficient (Wildman–Crippen LogP) is 4.21. The summed E-state index contributed by atoms with van der Waals surface area (Å²) in [6.07, 6.45) is 0. The molecule has 1 unspecified atom stereocenters. The maximum Gasteiger partial charge on any atom is 0.174 e. The van der Waals surface area contributed by atoms with Crippen LogP contribution >= 0.6 is 0 Å². The predicted molar refractivity (Wildman–Crippen MR) is 80.7 cm³/mol. The molecule has 0 bridgehead atoms. The minimum atomic E-state index is -0.232. The molecule has 1 atom stereocenters. The summed E-state index contributed by atoms with van der Waals surface area (Å²) in [5.41, 5.74) is 2.87. The van der Waals surface area contributed by atoms with Crippen molar-refractivity contribution >= 4 is 5.69 Å². The highest BCUT2D eigenvalue weighted by atomic mass is 19.1. The number of hydrogen-bond donors (Lipinski definition) is 1. The Kier molecular flexibility index (Phi) is 4.78. The Morgan fingerprint density at radius 1 is 1.24 bits per heavy atom. The number of benzene rings is 2. The fourth-order valence-corrected chi connectivity index (χ4v) is 2.07. The Hall–Kier alpha value is -2.54. The van der Waals surface area contributed by atoms with Gasteiger partial charge < -0.3 is 10.1 Å². The number of nitrogens with zero attached hydrogens (tertiary/aromatic N) is 1. The lowest BCUT2D eigenvalue weighted by Gasteiger charge is -2.18. The van der Waals surface area contributed by atoms with Gasteiger partial charge in [0.2, 0.25) is 0 Å². The van der Waals surface area contributed by atoms with Crippen molar-refractivity contribution in [2.24, 2.45) is 0 Å². The molecule has 0 aliphatic carbocycles. The molecule has 2 aromatic carbocycles. The minimum Gasteiger partial charge on any atom is -0.479 e. The highest BCUT2D eigenvalue weighted by Crippen LogP contribution is 2.24. The van der Waals surface area contributed by atoms with E-state index in [2.05, 4.69) is 5.32 Å². The number of nitrogens with one attached hydrogen (secondary N) is 1. The highest BCUT2D eigenvalue weighted by Gasteiger charge is 2.07. The zero-order valence-corrected chi connectivity index (χ0v) is 12.1. The van der Waals surface area contributed by atoms with Gasteiger partial charge in [0.05, 0.1) is 0 Å². The molecule has 0 spiro atoms. The maximum atomic E-state index is 13.1. The normalized spacial score (nSPS) is 11.5. The van der Waals surface area contributed by atoms with Crippen LogP contribution in [0.4, 0.5) is 10.1 Å². The molecule has 0 heterocycles. The van der Waals surface area contributed by atoms with E-state index in [0.29, 0.717) is 5.75 Å². The molecule has 2 rings (SSSR count). The molecule has 0 aromatic heterocycles. The molecule has 4 heteroatoms. The lowest BCUT2D eigenvalue weighted by atomic mass is 10.1. The summed E-state index contributed by atoms with van der Waals surface area (Å²) in [5, 5.41) is 11.8. The van der Waals surface area contributed by atoms with Crippen molar-refractivity contribution < 1.29 is 9.13 Å². The second-order valence-corrected chi connectivity index (χ2v) is 4.84. The van der Waals surface area contributed by atoms with Crippen LogP contribution in [0.3, 0.4) is 0 Å². The molecule has 0 fully saturated rings. The summed E-state index contributed by atoms with van der Waals surface area (Å²) in [6, 6.07) is 14.3. The fourth-order valence-electron chi connectivity index (χ4n) is 2.07. The molecule has 21 heavy (non-hydrogen) atoms. The van der Waals surface area contributed by atoms with Crippen molar-refractivity contribution in [1.82, 2.24) is 0 Å². The van der Waals surface area contributed by atoms with Crippen LogP contribution in [0, 0.1) is 24.1 Å². The van der Waals surface area contributed by atoms with E-state index in [4.69, 9.17) is 10.00 Å². The molecule has 0 saturated heterocycles. The van der Waals surface area contributed by atoms with Gasteiger partial charge in [0.25, 0.3) is 0 Å². The van der Waals surface area contributed by atoms with Gasteiger partial charge in [-0.3, -0.25) is 0 Å². The Morgan fingerprint density at radius 2 is 1.95 bits per heavy atom. The van der Waals surface area contributed by atoms with Crippen LogP contribution in [0.1, 0.15) is 24.1 Å². The summed E-state index contributed by atoms with van der Waals surface area (Å²) in [7, 11) is 0. The van der Waals surface area contributed by atoms with Crippen LogP contribution in [0.25, 0.3) is 0 Å². The SMILES string of the molecule is Cc1cc(F)ccc1NC(C)c1ccc(OCC#N)cc1.